The van der Waals surface area contributed by atoms with E-state index in [-0.39, 0.29) is 29.8 Å². The molecule has 3 heterocycles. The average Bonchev–Trinajstić information content (AvgIpc) is 3.13. The lowest BCUT2D eigenvalue weighted by Crippen LogP contribution is -2.52. The zero-order valence-electron chi connectivity index (χ0n) is 16.1. The van der Waals surface area contributed by atoms with Crippen LogP contribution in [0.4, 0.5) is 10.1 Å². The van der Waals surface area contributed by atoms with Gasteiger partial charge < -0.3 is 19.7 Å². The predicted octanol–water partition coefficient (Wildman–Crippen LogP) is 2.27. The molecule has 1 N–H and O–H groups in total. The second-order valence-corrected chi connectivity index (χ2v) is 6.97. The third-order valence-corrected chi connectivity index (χ3v) is 5.32. The van der Waals surface area contributed by atoms with Gasteiger partial charge in [0.25, 0.3) is 0 Å². The number of hydrogen-bond donors (Lipinski definition) is 1. The molecule has 1 aromatic heterocycles. The lowest BCUT2D eigenvalue weighted by atomic mass is 10.2. The summed E-state index contributed by atoms with van der Waals surface area (Å²) in [5, 5.41) is 12.1. The van der Waals surface area contributed by atoms with Gasteiger partial charge in [-0.3, -0.25) is 4.99 Å². The van der Waals surface area contributed by atoms with E-state index in [4.69, 9.17) is 0 Å². The van der Waals surface area contributed by atoms with E-state index in [1.54, 1.807) is 13.1 Å². The third-order valence-electron chi connectivity index (χ3n) is 5.32. The Morgan fingerprint density at radius 1 is 1.11 bits per heavy atom. The minimum absolute atomic E-state index is 0. The van der Waals surface area contributed by atoms with Gasteiger partial charge in [0.2, 0.25) is 0 Å². The molecule has 2 aromatic rings. The quantitative estimate of drug-likeness (QED) is 0.399. The topological polar surface area (TPSA) is 61.6 Å². The Bertz CT molecular complexity index is 814. The van der Waals surface area contributed by atoms with E-state index < -0.39 is 0 Å². The van der Waals surface area contributed by atoms with Crippen LogP contribution in [0.5, 0.6) is 0 Å². The Hall–Kier alpha value is -1.91. The molecule has 4 rings (SSSR count). The van der Waals surface area contributed by atoms with Crippen LogP contribution < -0.4 is 10.2 Å². The van der Waals surface area contributed by atoms with Gasteiger partial charge in [-0.2, -0.15) is 0 Å². The van der Waals surface area contributed by atoms with Crippen molar-refractivity contribution in [2.75, 3.05) is 38.1 Å². The van der Waals surface area contributed by atoms with Crippen LogP contribution in [0, 0.1) is 5.82 Å². The molecule has 2 aliphatic heterocycles. The molecule has 0 unspecified atom stereocenters. The van der Waals surface area contributed by atoms with Gasteiger partial charge in [0.15, 0.2) is 11.8 Å². The molecular weight excluding hydrogens is 472 g/mol. The lowest BCUT2D eigenvalue weighted by molar-refractivity contribution is 0.369. The Labute approximate surface area is 182 Å². The number of halogens is 2. The first-order valence-corrected chi connectivity index (χ1v) is 9.62. The number of guanidine groups is 1. The molecule has 152 valence electrons. The molecule has 0 amide bonds. The zero-order chi connectivity index (χ0) is 18.6. The highest BCUT2D eigenvalue weighted by Gasteiger charge is 2.22. The van der Waals surface area contributed by atoms with Crippen LogP contribution >= 0.6 is 24.0 Å². The minimum Gasteiger partial charge on any atom is -0.366 e. The molecule has 0 saturated carbocycles. The maximum atomic E-state index is 14.0. The van der Waals surface area contributed by atoms with Crippen molar-refractivity contribution in [1.29, 1.82) is 0 Å². The Morgan fingerprint density at radius 3 is 2.64 bits per heavy atom. The van der Waals surface area contributed by atoms with Gasteiger partial charge in [0.05, 0.1) is 12.2 Å². The lowest BCUT2D eigenvalue weighted by Gasteiger charge is -2.37. The highest BCUT2D eigenvalue weighted by molar-refractivity contribution is 14.0. The number of hydrogen-bond acceptors (Lipinski definition) is 4. The number of rotatable bonds is 3. The number of para-hydroxylation sites is 1. The van der Waals surface area contributed by atoms with Crippen molar-refractivity contribution in [3.05, 3.63) is 41.7 Å². The molecule has 9 heteroatoms. The normalized spacial score (nSPS) is 17.1. The molecule has 28 heavy (non-hydrogen) atoms. The van der Waals surface area contributed by atoms with Crippen molar-refractivity contribution in [2.24, 2.45) is 4.99 Å². The van der Waals surface area contributed by atoms with E-state index in [1.165, 1.54) is 18.9 Å². The maximum absolute atomic E-state index is 14.0. The van der Waals surface area contributed by atoms with Crippen molar-refractivity contribution in [2.45, 2.75) is 32.4 Å². The summed E-state index contributed by atoms with van der Waals surface area (Å²) in [5.74, 6) is 2.75. The van der Waals surface area contributed by atoms with Crippen LogP contribution in [0.2, 0.25) is 0 Å². The summed E-state index contributed by atoms with van der Waals surface area (Å²) in [6.45, 7) is 4.74. The number of fused-ring (bicyclic) bond motifs is 1. The Kier molecular flexibility index (Phi) is 7.08. The van der Waals surface area contributed by atoms with E-state index in [0.717, 1.165) is 56.8 Å². The van der Waals surface area contributed by atoms with Gasteiger partial charge in [-0.1, -0.05) is 12.1 Å². The Balaban J connectivity index is 0.00000225. The molecular formula is C19H27FIN7. The van der Waals surface area contributed by atoms with Gasteiger partial charge >= 0.3 is 0 Å². The molecule has 7 nitrogen and oxygen atoms in total. The van der Waals surface area contributed by atoms with E-state index in [0.29, 0.717) is 12.2 Å². The number of nitrogens with one attached hydrogen (secondary N) is 1. The SMILES string of the molecule is CN=C(NCc1nnc2n1CCCC2)N1CCN(c2ccccc2F)CC1.I. The first-order chi connectivity index (χ1) is 13.3. The standard InChI is InChI=1S/C19H26FN7.HI/c1-21-19(22-14-18-24-23-17-8-4-5-9-27(17)18)26-12-10-25(11-13-26)16-7-3-2-6-15(16)20;/h2-3,6-7H,4-5,8-14H2,1H3,(H,21,22);1H. The second kappa shape index (κ2) is 9.53. The molecule has 1 fully saturated rings. The van der Waals surface area contributed by atoms with E-state index >= 15 is 0 Å². The highest BCUT2D eigenvalue weighted by Crippen LogP contribution is 2.20. The van der Waals surface area contributed by atoms with E-state index in [1.807, 2.05) is 12.1 Å². The summed E-state index contributed by atoms with van der Waals surface area (Å²) < 4.78 is 16.2. The van der Waals surface area contributed by atoms with Gasteiger partial charge in [-0.15, -0.1) is 34.2 Å². The van der Waals surface area contributed by atoms with Crippen molar-refractivity contribution in [1.82, 2.24) is 25.0 Å². The number of piperazine rings is 1. The number of nitrogens with zero attached hydrogens (tertiary/aromatic N) is 6. The smallest absolute Gasteiger partial charge is 0.194 e. The molecule has 0 spiro atoms. The van der Waals surface area contributed by atoms with Crippen LogP contribution in [0.25, 0.3) is 0 Å². The minimum atomic E-state index is -0.162. The number of aliphatic imine (C=N–C) groups is 1. The number of anilines is 1. The van der Waals surface area contributed by atoms with Crippen LogP contribution in [-0.4, -0.2) is 58.9 Å². The average molecular weight is 499 g/mol. The van der Waals surface area contributed by atoms with Gasteiger partial charge in [-0.05, 0) is 25.0 Å². The fourth-order valence-corrected chi connectivity index (χ4v) is 3.86. The highest BCUT2D eigenvalue weighted by atomic mass is 127. The van der Waals surface area contributed by atoms with Crippen LogP contribution in [0.3, 0.4) is 0 Å². The summed E-state index contributed by atoms with van der Waals surface area (Å²) in [7, 11) is 1.80. The second-order valence-electron chi connectivity index (χ2n) is 6.97. The number of aryl methyl sites for hydroxylation is 1. The molecule has 0 aliphatic carbocycles. The van der Waals surface area contributed by atoms with Crippen molar-refractivity contribution in [3.63, 3.8) is 0 Å². The van der Waals surface area contributed by atoms with E-state index in [9.17, 15) is 4.39 Å². The summed E-state index contributed by atoms with van der Waals surface area (Å²) in [5.41, 5.74) is 0.676. The molecule has 0 bridgehead atoms. The molecule has 1 aromatic carbocycles. The van der Waals surface area contributed by atoms with Crippen LogP contribution in [0.1, 0.15) is 24.5 Å². The summed E-state index contributed by atoms with van der Waals surface area (Å²) >= 11 is 0. The largest absolute Gasteiger partial charge is 0.366 e. The fraction of sp³-hybridized carbons (Fsp3) is 0.526. The summed E-state index contributed by atoms with van der Waals surface area (Å²) in [6, 6.07) is 6.96. The van der Waals surface area contributed by atoms with Crippen LogP contribution in [0.15, 0.2) is 29.3 Å². The fourth-order valence-electron chi connectivity index (χ4n) is 3.86. The molecule has 0 radical (unpaired) electrons. The maximum Gasteiger partial charge on any atom is 0.194 e. The van der Waals surface area contributed by atoms with Crippen molar-refractivity contribution in [3.8, 4) is 0 Å². The van der Waals surface area contributed by atoms with Crippen molar-refractivity contribution >= 4 is 35.6 Å². The third kappa shape index (κ3) is 4.39. The van der Waals surface area contributed by atoms with Gasteiger partial charge in [0.1, 0.15) is 11.6 Å². The molecule has 0 atom stereocenters. The number of aromatic nitrogens is 3. The zero-order valence-corrected chi connectivity index (χ0v) is 18.5. The molecule has 1 saturated heterocycles. The number of benzene rings is 1. The van der Waals surface area contributed by atoms with Gasteiger partial charge in [0, 0.05) is 46.2 Å². The first kappa shape index (κ1) is 20.8. The van der Waals surface area contributed by atoms with Crippen molar-refractivity contribution < 1.29 is 4.39 Å². The van der Waals surface area contributed by atoms with Crippen LogP contribution in [-0.2, 0) is 19.5 Å². The predicted molar refractivity (Wildman–Crippen MR) is 119 cm³/mol. The van der Waals surface area contributed by atoms with E-state index in [2.05, 4.69) is 34.9 Å². The monoisotopic (exact) mass is 499 g/mol. The summed E-state index contributed by atoms with van der Waals surface area (Å²) in [4.78, 5) is 8.72. The van der Waals surface area contributed by atoms with Gasteiger partial charge in [-0.25, -0.2) is 4.39 Å². The molecule has 2 aliphatic rings. The Morgan fingerprint density at radius 2 is 1.89 bits per heavy atom. The summed E-state index contributed by atoms with van der Waals surface area (Å²) in [6.07, 6.45) is 3.39. The first-order valence-electron chi connectivity index (χ1n) is 9.62.